The van der Waals surface area contributed by atoms with Gasteiger partial charge in [0.1, 0.15) is 0 Å². The van der Waals surface area contributed by atoms with E-state index in [9.17, 15) is 9.32 Å². The van der Waals surface area contributed by atoms with Crippen LogP contribution in [0.3, 0.4) is 0 Å². The molecule has 1 fully saturated rings. The molecule has 0 spiro atoms. The Morgan fingerprint density at radius 3 is 3.08 bits per heavy atom. The molecule has 1 N–H and O–H groups in total. The van der Waals surface area contributed by atoms with Crippen molar-refractivity contribution in [3.63, 3.8) is 0 Å². The maximum atomic E-state index is 11.5. The summed E-state index contributed by atoms with van der Waals surface area (Å²) in [6.45, 7) is 2.02. The lowest BCUT2D eigenvalue weighted by atomic mass is 9.77. The van der Waals surface area contributed by atoms with Gasteiger partial charge < -0.3 is 5.11 Å². The van der Waals surface area contributed by atoms with Gasteiger partial charge in [-0.15, -0.1) is 0 Å². The van der Waals surface area contributed by atoms with E-state index in [2.05, 4.69) is 12.2 Å². The molecule has 0 aromatic heterocycles. The van der Waals surface area contributed by atoms with Crippen LogP contribution in [0.5, 0.6) is 0 Å². The summed E-state index contributed by atoms with van der Waals surface area (Å²) >= 11 is 0. The van der Waals surface area contributed by atoms with Crippen molar-refractivity contribution in [3.05, 3.63) is 12.2 Å². The topological polar surface area (TPSA) is 37.3 Å². The molecule has 0 aromatic rings. The molecule has 2 nitrogen and oxygen atoms in total. The molecule has 1 aliphatic carbocycles. The molecule has 0 radical (unpaired) electrons. The average molecular weight is 186 g/mol. The Morgan fingerprint density at radius 1 is 1.67 bits per heavy atom. The molecule has 0 saturated carbocycles. The van der Waals surface area contributed by atoms with Crippen LogP contribution in [0.15, 0.2) is 12.2 Å². The standard InChI is InChI=1S/C9H14O2S/c1-9-5-3-2-4-8(9)12(11)6-7(9)10/h3,5,7-8,10H,2,4,6H2,1H3/t7-,8+,9+,12-/m1/s1. The van der Waals surface area contributed by atoms with Gasteiger partial charge in [-0.25, -0.2) is 0 Å². The zero-order valence-corrected chi connectivity index (χ0v) is 8.01. The van der Waals surface area contributed by atoms with Crippen LogP contribution in [0.1, 0.15) is 19.8 Å². The van der Waals surface area contributed by atoms with E-state index in [0.29, 0.717) is 5.75 Å². The Bertz CT molecular complexity index is 249. The quantitative estimate of drug-likeness (QED) is 0.569. The van der Waals surface area contributed by atoms with E-state index in [-0.39, 0.29) is 10.7 Å². The SMILES string of the molecule is C[C@@]12C=CCC[C@@H]1[S@](=O)C[C@H]2O. The van der Waals surface area contributed by atoms with Crippen molar-refractivity contribution in [2.75, 3.05) is 5.75 Å². The molecule has 1 saturated heterocycles. The van der Waals surface area contributed by atoms with Crippen LogP contribution < -0.4 is 0 Å². The normalized spacial score (nSPS) is 52.3. The molecule has 0 bridgehead atoms. The van der Waals surface area contributed by atoms with Gasteiger partial charge in [0, 0.05) is 21.5 Å². The molecule has 1 heterocycles. The Kier molecular flexibility index (Phi) is 1.88. The first kappa shape index (κ1) is 8.45. The van der Waals surface area contributed by atoms with Gasteiger partial charge >= 0.3 is 0 Å². The minimum absolute atomic E-state index is 0.192. The summed E-state index contributed by atoms with van der Waals surface area (Å²) in [6, 6.07) is 0. The van der Waals surface area contributed by atoms with Crippen LogP contribution in [-0.2, 0) is 10.8 Å². The van der Waals surface area contributed by atoms with Gasteiger partial charge in [-0.1, -0.05) is 19.1 Å². The van der Waals surface area contributed by atoms with E-state index in [4.69, 9.17) is 0 Å². The highest BCUT2D eigenvalue weighted by molar-refractivity contribution is 7.86. The zero-order valence-electron chi connectivity index (χ0n) is 7.19. The second-order valence-corrected chi connectivity index (χ2v) is 5.56. The highest BCUT2D eigenvalue weighted by Crippen LogP contribution is 2.43. The molecule has 1 aliphatic heterocycles. The largest absolute Gasteiger partial charge is 0.391 e. The number of hydrogen-bond acceptors (Lipinski definition) is 2. The molecule has 3 heteroatoms. The van der Waals surface area contributed by atoms with E-state index < -0.39 is 16.9 Å². The second kappa shape index (κ2) is 2.67. The fourth-order valence-electron chi connectivity index (χ4n) is 2.19. The number of fused-ring (bicyclic) bond motifs is 1. The van der Waals surface area contributed by atoms with Gasteiger partial charge in [-0.05, 0) is 12.8 Å². The van der Waals surface area contributed by atoms with Crippen molar-refractivity contribution in [3.8, 4) is 0 Å². The summed E-state index contributed by atoms with van der Waals surface area (Å²) < 4.78 is 11.5. The van der Waals surface area contributed by atoms with E-state index in [0.717, 1.165) is 12.8 Å². The third kappa shape index (κ3) is 0.995. The van der Waals surface area contributed by atoms with Crippen molar-refractivity contribution >= 4 is 10.8 Å². The third-order valence-corrected chi connectivity index (χ3v) is 5.15. The molecular formula is C9H14O2S. The first-order valence-electron chi connectivity index (χ1n) is 4.37. The monoisotopic (exact) mass is 186 g/mol. The van der Waals surface area contributed by atoms with Gasteiger partial charge in [-0.3, -0.25) is 4.21 Å². The fourth-order valence-corrected chi connectivity index (χ4v) is 4.30. The summed E-state index contributed by atoms with van der Waals surface area (Å²) in [5.74, 6) is 0.464. The summed E-state index contributed by atoms with van der Waals surface area (Å²) in [4.78, 5) is 0. The lowest BCUT2D eigenvalue weighted by Gasteiger charge is -2.32. The summed E-state index contributed by atoms with van der Waals surface area (Å²) in [7, 11) is -0.810. The molecule has 0 aromatic carbocycles. The lowest BCUT2D eigenvalue weighted by Crippen LogP contribution is -2.36. The first-order valence-corrected chi connectivity index (χ1v) is 5.76. The molecule has 2 aliphatic rings. The maximum Gasteiger partial charge on any atom is 0.0754 e. The first-order chi connectivity index (χ1) is 5.64. The van der Waals surface area contributed by atoms with Crippen LogP contribution in [0.4, 0.5) is 0 Å². The Hall–Kier alpha value is -0.150. The minimum Gasteiger partial charge on any atom is -0.391 e. The average Bonchev–Trinajstić information content (AvgIpc) is 2.25. The lowest BCUT2D eigenvalue weighted by molar-refractivity contribution is 0.0960. The van der Waals surface area contributed by atoms with Gasteiger partial charge in [0.2, 0.25) is 0 Å². The summed E-state index contributed by atoms with van der Waals surface area (Å²) in [6.07, 6.45) is 5.73. The summed E-state index contributed by atoms with van der Waals surface area (Å²) in [5, 5.41) is 9.90. The number of aliphatic hydroxyl groups excluding tert-OH is 1. The predicted molar refractivity (Wildman–Crippen MR) is 49.3 cm³/mol. The fraction of sp³-hybridized carbons (Fsp3) is 0.778. The zero-order chi connectivity index (χ0) is 8.77. The van der Waals surface area contributed by atoms with E-state index in [1.54, 1.807) is 0 Å². The molecule has 4 atom stereocenters. The molecule has 12 heavy (non-hydrogen) atoms. The van der Waals surface area contributed by atoms with E-state index in [1.165, 1.54) is 0 Å². The maximum absolute atomic E-state index is 11.5. The predicted octanol–water partition coefficient (Wildman–Crippen LogP) is 0.835. The van der Waals surface area contributed by atoms with Gasteiger partial charge in [0.15, 0.2) is 0 Å². The third-order valence-electron chi connectivity index (χ3n) is 3.12. The van der Waals surface area contributed by atoms with Crippen LogP contribution in [0, 0.1) is 5.41 Å². The van der Waals surface area contributed by atoms with Gasteiger partial charge in [-0.2, -0.15) is 0 Å². The van der Waals surface area contributed by atoms with Crippen molar-refractivity contribution in [1.29, 1.82) is 0 Å². The minimum atomic E-state index is -0.810. The molecular weight excluding hydrogens is 172 g/mol. The van der Waals surface area contributed by atoms with E-state index >= 15 is 0 Å². The number of allylic oxidation sites excluding steroid dienone is 1. The van der Waals surface area contributed by atoms with Crippen LogP contribution in [0.25, 0.3) is 0 Å². The van der Waals surface area contributed by atoms with Crippen molar-refractivity contribution in [2.45, 2.75) is 31.1 Å². The van der Waals surface area contributed by atoms with Gasteiger partial charge in [0.05, 0.1) is 11.9 Å². The Morgan fingerprint density at radius 2 is 2.42 bits per heavy atom. The Labute approximate surface area is 75.1 Å². The number of rotatable bonds is 0. The van der Waals surface area contributed by atoms with Gasteiger partial charge in [0.25, 0.3) is 0 Å². The van der Waals surface area contributed by atoms with Crippen LogP contribution >= 0.6 is 0 Å². The molecule has 2 rings (SSSR count). The van der Waals surface area contributed by atoms with Crippen molar-refractivity contribution in [2.24, 2.45) is 5.41 Å². The van der Waals surface area contributed by atoms with Crippen LogP contribution in [0.2, 0.25) is 0 Å². The molecule has 0 amide bonds. The number of hydrogen-bond donors (Lipinski definition) is 1. The highest BCUT2D eigenvalue weighted by atomic mass is 32.2. The highest BCUT2D eigenvalue weighted by Gasteiger charge is 2.49. The second-order valence-electron chi connectivity index (χ2n) is 3.90. The smallest absolute Gasteiger partial charge is 0.0754 e. The van der Waals surface area contributed by atoms with Crippen molar-refractivity contribution < 1.29 is 9.32 Å². The van der Waals surface area contributed by atoms with Crippen molar-refractivity contribution in [1.82, 2.24) is 0 Å². The number of aliphatic hydroxyl groups is 1. The molecule has 68 valence electrons. The van der Waals surface area contributed by atoms with E-state index in [1.807, 2.05) is 6.92 Å². The molecule has 0 unspecified atom stereocenters. The van der Waals surface area contributed by atoms with Crippen LogP contribution in [-0.4, -0.2) is 26.4 Å². The summed E-state index contributed by atoms with van der Waals surface area (Å²) in [5.41, 5.74) is -0.205. The Balaban J connectivity index is 2.37.